The zero-order valence-electron chi connectivity index (χ0n) is 11.7. The Morgan fingerprint density at radius 2 is 2.10 bits per heavy atom. The smallest absolute Gasteiger partial charge is 0.113 e. The average molecular weight is 295 g/mol. The molecule has 0 saturated carbocycles. The lowest BCUT2D eigenvalue weighted by Crippen LogP contribution is -2.28. The Bertz CT molecular complexity index is 761. The van der Waals surface area contributed by atoms with Crippen molar-refractivity contribution in [3.05, 3.63) is 53.0 Å². The van der Waals surface area contributed by atoms with Gasteiger partial charge in [0, 0.05) is 17.9 Å². The van der Waals surface area contributed by atoms with Crippen LogP contribution in [0.25, 0.3) is 10.2 Å². The summed E-state index contributed by atoms with van der Waals surface area (Å²) in [5.41, 5.74) is 10.6. The van der Waals surface area contributed by atoms with E-state index in [-0.39, 0.29) is 0 Å². The van der Waals surface area contributed by atoms with Crippen LogP contribution >= 0.6 is 11.3 Å². The van der Waals surface area contributed by atoms with Crippen molar-refractivity contribution in [3.8, 4) is 0 Å². The number of aryl methyl sites for hydroxylation is 1. The van der Waals surface area contributed by atoms with Crippen LogP contribution in [0.4, 0.5) is 11.4 Å². The molecule has 0 amide bonds. The third-order valence-corrected chi connectivity index (χ3v) is 5.01. The zero-order chi connectivity index (χ0) is 14.2. The van der Waals surface area contributed by atoms with Gasteiger partial charge in [0.2, 0.25) is 0 Å². The van der Waals surface area contributed by atoms with Gasteiger partial charge in [0.15, 0.2) is 0 Å². The fourth-order valence-corrected chi connectivity index (χ4v) is 3.97. The van der Waals surface area contributed by atoms with Crippen LogP contribution in [0.3, 0.4) is 0 Å². The lowest BCUT2D eigenvalue weighted by Gasteiger charge is -2.30. The molecule has 1 aromatic heterocycles. The van der Waals surface area contributed by atoms with Gasteiger partial charge in [-0.3, -0.25) is 0 Å². The van der Waals surface area contributed by atoms with E-state index in [2.05, 4.69) is 35.2 Å². The van der Waals surface area contributed by atoms with Crippen LogP contribution in [0.5, 0.6) is 0 Å². The molecule has 0 unspecified atom stereocenters. The fourth-order valence-electron chi connectivity index (χ4n) is 2.98. The van der Waals surface area contributed by atoms with Crippen LogP contribution in [0.2, 0.25) is 0 Å². The van der Waals surface area contributed by atoms with Crippen LogP contribution in [0.15, 0.2) is 42.5 Å². The van der Waals surface area contributed by atoms with Crippen LogP contribution in [-0.2, 0) is 13.0 Å². The van der Waals surface area contributed by atoms with E-state index in [1.807, 2.05) is 12.1 Å². The number of benzene rings is 2. The van der Waals surface area contributed by atoms with E-state index in [1.165, 1.54) is 27.4 Å². The largest absolute Gasteiger partial charge is 0.399 e. The van der Waals surface area contributed by atoms with E-state index < -0.39 is 0 Å². The Morgan fingerprint density at radius 1 is 1.19 bits per heavy atom. The number of hydrogen-bond acceptors (Lipinski definition) is 4. The van der Waals surface area contributed by atoms with Crippen molar-refractivity contribution >= 4 is 32.9 Å². The van der Waals surface area contributed by atoms with Gasteiger partial charge in [-0.15, -0.1) is 11.3 Å². The molecule has 4 rings (SSSR count). The number of nitrogens with zero attached hydrogens (tertiary/aromatic N) is 2. The average Bonchev–Trinajstić information content (AvgIpc) is 2.90. The quantitative estimate of drug-likeness (QED) is 0.731. The minimum atomic E-state index is 0.838. The third-order valence-electron chi connectivity index (χ3n) is 3.99. The topological polar surface area (TPSA) is 42.1 Å². The van der Waals surface area contributed by atoms with E-state index >= 15 is 0 Å². The Hall–Kier alpha value is -2.07. The zero-order valence-corrected chi connectivity index (χ0v) is 12.6. The van der Waals surface area contributed by atoms with E-state index in [0.29, 0.717) is 0 Å². The summed E-state index contributed by atoms with van der Waals surface area (Å²) >= 11 is 1.79. The first-order valence-electron chi connectivity index (χ1n) is 7.27. The second-order valence-corrected chi connectivity index (χ2v) is 6.60. The van der Waals surface area contributed by atoms with Crippen LogP contribution in [-0.4, -0.2) is 11.5 Å². The number of para-hydroxylation sites is 1. The summed E-state index contributed by atoms with van der Waals surface area (Å²) in [6.45, 7) is 1.95. The molecule has 1 aliphatic heterocycles. The number of fused-ring (bicyclic) bond motifs is 2. The molecule has 0 fully saturated rings. The molecule has 3 aromatic rings. The van der Waals surface area contributed by atoms with Crippen molar-refractivity contribution in [1.29, 1.82) is 0 Å². The normalized spacial score (nSPS) is 14.4. The van der Waals surface area contributed by atoms with E-state index in [4.69, 9.17) is 10.7 Å². The molecule has 0 saturated heterocycles. The molecule has 2 N–H and O–H groups in total. The highest BCUT2D eigenvalue weighted by molar-refractivity contribution is 7.18. The van der Waals surface area contributed by atoms with Crippen molar-refractivity contribution in [3.63, 3.8) is 0 Å². The van der Waals surface area contributed by atoms with Crippen molar-refractivity contribution in [1.82, 2.24) is 4.98 Å². The molecule has 0 radical (unpaired) electrons. The molecule has 4 heteroatoms. The summed E-state index contributed by atoms with van der Waals surface area (Å²) in [5, 5.41) is 1.17. The highest BCUT2D eigenvalue weighted by Crippen LogP contribution is 2.31. The lowest BCUT2D eigenvalue weighted by molar-refractivity contribution is 0.690. The lowest BCUT2D eigenvalue weighted by atomic mass is 10.0. The molecule has 106 valence electrons. The number of anilines is 2. The molecule has 1 aliphatic rings. The van der Waals surface area contributed by atoms with Gasteiger partial charge in [-0.25, -0.2) is 4.98 Å². The van der Waals surface area contributed by atoms with Crippen LogP contribution in [0, 0.1) is 0 Å². The van der Waals surface area contributed by atoms with Gasteiger partial charge in [-0.05, 0) is 42.7 Å². The first-order chi connectivity index (χ1) is 10.3. The minimum Gasteiger partial charge on any atom is -0.399 e. The maximum atomic E-state index is 5.96. The summed E-state index contributed by atoms with van der Waals surface area (Å²) in [6.07, 6.45) is 2.34. The maximum Gasteiger partial charge on any atom is 0.113 e. The van der Waals surface area contributed by atoms with Gasteiger partial charge < -0.3 is 10.6 Å². The number of hydrogen-bond donors (Lipinski definition) is 1. The molecule has 0 bridgehead atoms. The molecular formula is C17H17N3S. The van der Waals surface area contributed by atoms with Gasteiger partial charge in [0.1, 0.15) is 5.01 Å². The fraction of sp³-hybridized carbons (Fsp3) is 0.235. The van der Waals surface area contributed by atoms with Crippen LogP contribution in [0.1, 0.15) is 17.0 Å². The summed E-state index contributed by atoms with van der Waals surface area (Å²) in [5.74, 6) is 0. The summed E-state index contributed by atoms with van der Waals surface area (Å²) < 4.78 is 1.26. The number of aromatic nitrogens is 1. The molecule has 0 atom stereocenters. The SMILES string of the molecule is Nc1ccc2c(c1)N(Cc1nc3ccccc3s1)CCC2. The van der Waals surface area contributed by atoms with Crippen molar-refractivity contribution in [2.45, 2.75) is 19.4 Å². The Balaban J connectivity index is 1.67. The first-order valence-corrected chi connectivity index (χ1v) is 8.09. The molecule has 3 nitrogen and oxygen atoms in total. The highest BCUT2D eigenvalue weighted by Gasteiger charge is 2.18. The van der Waals surface area contributed by atoms with E-state index in [1.54, 1.807) is 11.3 Å². The molecular weight excluding hydrogens is 278 g/mol. The van der Waals surface area contributed by atoms with Crippen molar-refractivity contribution in [2.75, 3.05) is 17.2 Å². The monoisotopic (exact) mass is 295 g/mol. The van der Waals surface area contributed by atoms with Gasteiger partial charge in [-0.1, -0.05) is 18.2 Å². The number of nitrogen functional groups attached to an aromatic ring is 1. The Morgan fingerprint density at radius 3 is 3.00 bits per heavy atom. The first kappa shape index (κ1) is 12.7. The second-order valence-electron chi connectivity index (χ2n) is 5.49. The number of thiazole rings is 1. The van der Waals surface area contributed by atoms with Gasteiger partial charge in [0.25, 0.3) is 0 Å². The van der Waals surface area contributed by atoms with Crippen LogP contribution < -0.4 is 10.6 Å². The number of nitrogens with two attached hydrogens (primary N) is 1. The standard InChI is InChI=1S/C17H17N3S/c18-13-8-7-12-4-3-9-20(15(12)10-13)11-17-19-14-5-1-2-6-16(14)21-17/h1-2,5-8,10H,3-4,9,11,18H2. The summed E-state index contributed by atoms with van der Waals surface area (Å²) in [4.78, 5) is 7.16. The van der Waals surface area contributed by atoms with Gasteiger partial charge in [-0.2, -0.15) is 0 Å². The number of rotatable bonds is 2. The van der Waals surface area contributed by atoms with E-state index in [9.17, 15) is 0 Å². The minimum absolute atomic E-state index is 0.838. The van der Waals surface area contributed by atoms with E-state index in [0.717, 1.165) is 30.7 Å². The Labute approximate surface area is 128 Å². The van der Waals surface area contributed by atoms with Crippen molar-refractivity contribution in [2.24, 2.45) is 0 Å². The summed E-state index contributed by atoms with van der Waals surface area (Å²) in [6, 6.07) is 14.6. The maximum absolute atomic E-state index is 5.96. The van der Waals surface area contributed by atoms with Gasteiger partial charge in [0.05, 0.1) is 16.8 Å². The third kappa shape index (κ3) is 2.36. The molecule has 0 aliphatic carbocycles. The predicted molar refractivity (Wildman–Crippen MR) is 89.8 cm³/mol. The van der Waals surface area contributed by atoms with Gasteiger partial charge >= 0.3 is 0 Å². The summed E-state index contributed by atoms with van der Waals surface area (Å²) in [7, 11) is 0. The second kappa shape index (κ2) is 5.04. The molecule has 2 aromatic carbocycles. The van der Waals surface area contributed by atoms with Crippen molar-refractivity contribution < 1.29 is 0 Å². The predicted octanol–water partition coefficient (Wildman–Crippen LogP) is 3.83. The molecule has 0 spiro atoms. The Kier molecular flexibility index (Phi) is 3.04. The molecule has 2 heterocycles. The highest BCUT2D eigenvalue weighted by atomic mass is 32.1. The molecule has 21 heavy (non-hydrogen) atoms.